The summed E-state index contributed by atoms with van der Waals surface area (Å²) in [6.45, 7) is 6.24. The fraction of sp³-hybridized carbons (Fsp3) is 0.762. The van der Waals surface area contributed by atoms with Crippen LogP contribution in [0.1, 0.15) is 52.9 Å². The molecule has 0 unspecified atom stereocenters. The maximum Gasteiger partial charge on any atom is 0.178 e. The molecule has 4 aliphatic carbocycles. The topological polar surface area (TPSA) is 37.3 Å². The average molecular weight is 397 g/mol. The van der Waals surface area contributed by atoms with Crippen molar-refractivity contribution in [2.75, 3.05) is 5.75 Å². The van der Waals surface area contributed by atoms with E-state index in [9.17, 15) is 9.90 Å². The number of carbonyl (C=O) groups is 1. The van der Waals surface area contributed by atoms with Gasteiger partial charge in [-0.15, -0.1) is 11.8 Å². The smallest absolute Gasteiger partial charge is 0.178 e. The third-order valence-corrected chi connectivity index (χ3v) is 10.7. The van der Waals surface area contributed by atoms with Gasteiger partial charge in [0.15, 0.2) is 11.5 Å². The van der Waals surface area contributed by atoms with Gasteiger partial charge >= 0.3 is 0 Å². The van der Waals surface area contributed by atoms with Crippen molar-refractivity contribution in [2.24, 2.45) is 22.7 Å². The van der Waals surface area contributed by atoms with Gasteiger partial charge in [-0.2, -0.15) is 12.6 Å². The molecule has 5 heteroatoms. The molecule has 144 valence electrons. The van der Waals surface area contributed by atoms with Gasteiger partial charge in [0.1, 0.15) is 0 Å². The normalized spacial score (nSPS) is 52.9. The summed E-state index contributed by atoms with van der Waals surface area (Å²) in [7, 11) is 0. The molecule has 0 aliphatic heterocycles. The molecule has 0 heterocycles. The van der Waals surface area contributed by atoms with E-state index in [1.807, 2.05) is 18.7 Å². The van der Waals surface area contributed by atoms with Gasteiger partial charge in [0.25, 0.3) is 0 Å². The van der Waals surface area contributed by atoms with Gasteiger partial charge in [-0.3, -0.25) is 4.79 Å². The summed E-state index contributed by atoms with van der Waals surface area (Å²) in [5.41, 5.74) is -1.93. The molecule has 4 aliphatic rings. The second-order valence-electron chi connectivity index (χ2n) is 9.02. The summed E-state index contributed by atoms with van der Waals surface area (Å²) >= 11 is 6.93. The van der Waals surface area contributed by atoms with E-state index >= 15 is 4.39 Å². The Bertz CT molecular complexity index is 706. The van der Waals surface area contributed by atoms with Gasteiger partial charge in [0.05, 0.1) is 10.2 Å². The molecule has 3 fully saturated rings. The number of carbonyl (C=O) groups excluding carboxylic acids is 1. The number of alkyl halides is 1. The Balaban J connectivity index is 1.79. The van der Waals surface area contributed by atoms with Gasteiger partial charge in [0, 0.05) is 11.3 Å². The molecular formula is C21H29FO2S2. The van der Waals surface area contributed by atoms with Crippen LogP contribution in [0.25, 0.3) is 0 Å². The highest BCUT2D eigenvalue weighted by molar-refractivity contribution is 8.11. The molecular weight excluding hydrogens is 367 g/mol. The van der Waals surface area contributed by atoms with Crippen LogP contribution in [0.15, 0.2) is 23.8 Å². The van der Waals surface area contributed by atoms with E-state index in [-0.39, 0.29) is 27.1 Å². The second kappa shape index (κ2) is 5.87. The molecule has 1 N–H and O–H groups in total. The minimum atomic E-state index is -1.71. The van der Waals surface area contributed by atoms with E-state index in [4.69, 9.17) is 12.6 Å². The van der Waals surface area contributed by atoms with Crippen LogP contribution in [0.3, 0.4) is 0 Å². The summed E-state index contributed by atoms with van der Waals surface area (Å²) in [5, 5.41) is 11.2. The van der Waals surface area contributed by atoms with E-state index in [0.717, 1.165) is 30.6 Å². The number of halogens is 1. The molecule has 7 atom stereocenters. The minimum absolute atomic E-state index is 0.0655. The predicted molar refractivity (Wildman–Crippen MR) is 108 cm³/mol. The van der Waals surface area contributed by atoms with Gasteiger partial charge in [-0.1, -0.05) is 25.5 Å². The zero-order valence-corrected chi connectivity index (χ0v) is 17.5. The highest BCUT2D eigenvalue weighted by atomic mass is 32.2. The maximum atomic E-state index is 16.8. The van der Waals surface area contributed by atoms with Crippen LogP contribution in [0, 0.1) is 22.7 Å². The van der Waals surface area contributed by atoms with Crippen molar-refractivity contribution in [3.05, 3.63) is 23.8 Å². The lowest BCUT2D eigenvalue weighted by Crippen LogP contribution is -2.67. The van der Waals surface area contributed by atoms with Crippen LogP contribution in [0.2, 0.25) is 0 Å². The van der Waals surface area contributed by atoms with Crippen molar-refractivity contribution in [1.82, 2.24) is 0 Å². The van der Waals surface area contributed by atoms with Crippen LogP contribution in [0.5, 0.6) is 0 Å². The number of rotatable bonds is 2. The largest absolute Gasteiger partial charge is 0.390 e. The molecule has 0 aromatic carbocycles. The summed E-state index contributed by atoms with van der Waals surface area (Å²) in [6.07, 6.45) is 7.58. The first-order chi connectivity index (χ1) is 12.1. The molecule has 0 radical (unpaired) electrons. The molecule has 3 saturated carbocycles. The quantitative estimate of drug-likeness (QED) is 0.523. The van der Waals surface area contributed by atoms with Crippen LogP contribution in [-0.4, -0.2) is 32.5 Å². The minimum Gasteiger partial charge on any atom is -0.390 e. The summed E-state index contributed by atoms with van der Waals surface area (Å²) in [6, 6.07) is 0. The SMILES string of the molecule is CCS[C@@]1(S)CC[C@H]2[C@@H]3CCC4=CC(=O)C=C[C@]4(C)[C@@]3(F)[C@@H](O)C[C@@]21C. The lowest BCUT2D eigenvalue weighted by Gasteiger charge is -2.63. The number of thiol groups is 1. The zero-order chi connectivity index (χ0) is 19.0. The third-order valence-electron chi connectivity index (χ3n) is 8.10. The van der Waals surface area contributed by atoms with Crippen LogP contribution in [0.4, 0.5) is 4.39 Å². The Kier molecular flexibility index (Phi) is 4.31. The van der Waals surface area contributed by atoms with Crippen molar-refractivity contribution in [2.45, 2.75) is 68.7 Å². The number of thioether (sulfide) groups is 1. The Morgan fingerprint density at radius 1 is 1.35 bits per heavy atom. The average Bonchev–Trinajstić information content (AvgIpc) is 2.82. The van der Waals surface area contributed by atoms with Crippen molar-refractivity contribution >= 4 is 30.2 Å². The first kappa shape index (κ1) is 19.1. The van der Waals surface area contributed by atoms with Gasteiger partial charge in [-0.25, -0.2) is 4.39 Å². The number of hydrogen-bond acceptors (Lipinski definition) is 4. The Labute approximate surface area is 165 Å². The molecule has 0 aromatic heterocycles. The second-order valence-corrected chi connectivity index (χ2v) is 11.6. The van der Waals surface area contributed by atoms with Crippen LogP contribution in [-0.2, 0) is 4.79 Å². The number of allylic oxidation sites excluding steroid dienone is 4. The number of fused-ring (bicyclic) bond motifs is 5. The third kappa shape index (κ3) is 2.14. The van der Waals surface area contributed by atoms with Gasteiger partial charge < -0.3 is 5.11 Å². The standard InChI is InChI=1S/C21H29FO2S2/c1-4-26-20(25)10-8-15-16-6-5-13-11-14(23)7-9-18(13,2)21(16,22)17(24)12-19(15,20)3/h7,9,11,15-17,24-25H,4-6,8,10,12H2,1-3H3/t15-,16-,17-,18-,19-,20-,21-/m0/s1. The molecule has 4 rings (SSSR count). The van der Waals surface area contributed by atoms with Crippen LogP contribution >= 0.6 is 24.4 Å². The first-order valence-electron chi connectivity index (χ1n) is 9.80. The first-order valence-corrected chi connectivity index (χ1v) is 11.2. The van der Waals surface area contributed by atoms with E-state index in [0.29, 0.717) is 12.8 Å². The van der Waals surface area contributed by atoms with E-state index in [2.05, 4.69) is 13.8 Å². The summed E-state index contributed by atoms with van der Waals surface area (Å²) < 4.78 is 16.6. The molecule has 0 aromatic rings. The van der Waals surface area contributed by atoms with Crippen molar-refractivity contribution < 1.29 is 14.3 Å². The van der Waals surface area contributed by atoms with Gasteiger partial charge in [0.2, 0.25) is 0 Å². The Morgan fingerprint density at radius 3 is 2.77 bits per heavy atom. The van der Waals surface area contributed by atoms with E-state index < -0.39 is 17.2 Å². The number of hydrogen-bond donors (Lipinski definition) is 2. The van der Waals surface area contributed by atoms with Crippen LogP contribution < -0.4 is 0 Å². The maximum absolute atomic E-state index is 16.8. The monoisotopic (exact) mass is 396 g/mol. The summed E-state index contributed by atoms with van der Waals surface area (Å²) in [5.74, 6) is 0.937. The van der Waals surface area contributed by atoms with E-state index in [1.165, 1.54) is 6.08 Å². The molecule has 0 bridgehead atoms. The highest BCUT2D eigenvalue weighted by Crippen LogP contribution is 2.72. The number of aliphatic hydroxyl groups excluding tert-OH is 1. The number of ketones is 1. The molecule has 0 saturated heterocycles. The lowest BCUT2D eigenvalue weighted by atomic mass is 9.46. The Morgan fingerprint density at radius 2 is 2.08 bits per heavy atom. The molecule has 26 heavy (non-hydrogen) atoms. The van der Waals surface area contributed by atoms with E-state index in [1.54, 1.807) is 12.2 Å². The summed E-state index contributed by atoms with van der Waals surface area (Å²) in [4.78, 5) is 11.8. The fourth-order valence-corrected chi connectivity index (χ4v) is 8.73. The fourth-order valence-electron chi connectivity index (χ4n) is 6.65. The highest BCUT2D eigenvalue weighted by Gasteiger charge is 2.72. The van der Waals surface area contributed by atoms with Crippen molar-refractivity contribution in [3.63, 3.8) is 0 Å². The van der Waals surface area contributed by atoms with Crippen molar-refractivity contribution in [3.8, 4) is 0 Å². The predicted octanol–water partition coefficient (Wildman–Crippen LogP) is 4.74. The van der Waals surface area contributed by atoms with Crippen molar-refractivity contribution in [1.29, 1.82) is 0 Å². The van der Waals surface area contributed by atoms with Gasteiger partial charge in [-0.05, 0) is 68.3 Å². The molecule has 0 amide bonds. The molecule has 2 nitrogen and oxygen atoms in total. The number of aliphatic hydroxyl groups is 1. The lowest BCUT2D eigenvalue weighted by molar-refractivity contribution is -0.189. The Hall–Kier alpha value is -0.260. The zero-order valence-electron chi connectivity index (χ0n) is 15.8. The molecule has 0 spiro atoms.